The number of ether oxygens (including phenoxy) is 1. The molecule has 0 radical (unpaired) electrons. The van der Waals surface area contributed by atoms with E-state index in [1.165, 1.54) is 0 Å². The highest BCUT2D eigenvalue weighted by atomic mass is 32.2. The van der Waals surface area contributed by atoms with Crippen molar-refractivity contribution >= 4 is 17.8 Å². The maximum atomic E-state index is 12.4. The van der Waals surface area contributed by atoms with E-state index in [2.05, 4.69) is 14.7 Å². The van der Waals surface area contributed by atoms with Gasteiger partial charge in [0.15, 0.2) is 0 Å². The average Bonchev–Trinajstić information content (AvgIpc) is 2.74. The predicted octanol–water partition coefficient (Wildman–Crippen LogP) is 5.56. The Morgan fingerprint density at radius 3 is 2.73 bits per heavy atom. The number of anilines is 1. The molecule has 156 valence electrons. The molecule has 0 bridgehead atoms. The molecule has 1 N–H and O–H groups in total. The molecule has 0 spiro atoms. The Morgan fingerprint density at radius 2 is 1.93 bits per heavy atom. The van der Waals surface area contributed by atoms with E-state index in [9.17, 15) is 13.2 Å². The minimum absolute atomic E-state index is 0.354. The van der Waals surface area contributed by atoms with Crippen LogP contribution < -0.4 is 9.46 Å². The van der Waals surface area contributed by atoms with E-state index in [0.717, 1.165) is 41.0 Å². The van der Waals surface area contributed by atoms with Crippen molar-refractivity contribution in [3.8, 4) is 16.9 Å². The molecule has 0 amide bonds. The highest BCUT2D eigenvalue weighted by molar-refractivity contribution is 8.00. The van der Waals surface area contributed by atoms with Gasteiger partial charge >= 0.3 is 6.18 Å². The van der Waals surface area contributed by atoms with Crippen LogP contribution in [0.1, 0.15) is 11.3 Å². The first-order valence-corrected chi connectivity index (χ1v) is 10.5. The van der Waals surface area contributed by atoms with E-state index in [-0.39, 0.29) is 0 Å². The summed E-state index contributed by atoms with van der Waals surface area (Å²) in [4.78, 5) is 8.59. The molecule has 4 nitrogen and oxygen atoms in total. The zero-order valence-corrected chi connectivity index (χ0v) is 16.8. The van der Waals surface area contributed by atoms with Crippen molar-refractivity contribution in [2.45, 2.75) is 19.0 Å². The van der Waals surface area contributed by atoms with Crippen LogP contribution in [0, 0.1) is 5.92 Å². The number of benzene rings is 1. The molecule has 4 rings (SSSR count). The van der Waals surface area contributed by atoms with Crippen molar-refractivity contribution in [2.24, 2.45) is 5.92 Å². The summed E-state index contributed by atoms with van der Waals surface area (Å²) in [5, 5.41) is 0. The normalized spacial score (nSPS) is 15.9. The van der Waals surface area contributed by atoms with E-state index in [1.54, 1.807) is 18.5 Å². The fraction of sp³-hybridized carbons (Fsp3) is 0.273. The lowest BCUT2D eigenvalue weighted by molar-refractivity contribution is -0.105. The number of nitrogens with zero attached hydrogens (tertiary/aromatic N) is 2. The molecule has 0 saturated carbocycles. The number of fused-ring (bicyclic) bond motifs is 1. The van der Waals surface area contributed by atoms with Gasteiger partial charge in [-0.15, -0.1) is 0 Å². The van der Waals surface area contributed by atoms with E-state index in [0.29, 0.717) is 30.3 Å². The second kappa shape index (κ2) is 8.95. The number of hydrogen-bond acceptors (Lipinski definition) is 5. The standard InChI is InChI=1S/C22H20F3N3OS/c23-22(24,25)14-30-28-21-19(5-3-9-27-21)16-6-7-17-10-15(13-29-20(17)12-16)11-18-4-1-2-8-26-18/h1-9,12,15H,10-11,13-14H2,(H,27,28)/t15-/m0/s1. The molecule has 0 saturated heterocycles. The predicted molar refractivity (Wildman–Crippen MR) is 112 cm³/mol. The number of halogens is 3. The van der Waals surface area contributed by atoms with Gasteiger partial charge in [-0.1, -0.05) is 18.2 Å². The number of alkyl halides is 3. The molecular formula is C22H20F3N3OS. The van der Waals surface area contributed by atoms with Crippen molar-refractivity contribution in [2.75, 3.05) is 17.1 Å². The fourth-order valence-electron chi connectivity index (χ4n) is 3.45. The third kappa shape index (κ3) is 5.24. The van der Waals surface area contributed by atoms with Gasteiger partial charge < -0.3 is 9.46 Å². The number of nitrogens with one attached hydrogen (secondary N) is 1. The van der Waals surface area contributed by atoms with Crippen molar-refractivity contribution in [1.29, 1.82) is 0 Å². The Bertz CT molecular complexity index is 998. The van der Waals surface area contributed by atoms with Gasteiger partial charge in [-0.05, 0) is 66.2 Å². The Hall–Kier alpha value is -2.74. The maximum Gasteiger partial charge on any atom is 0.399 e. The maximum absolute atomic E-state index is 12.4. The Labute approximate surface area is 177 Å². The molecule has 0 aliphatic carbocycles. The summed E-state index contributed by atoms with van der Waals surface area (Å²) in [7, 11) is 0. The number of aromatic nitrogens is 2. The molecule has 0 fully saturated rings. The third-order valence-corrected chi connectivity index (χ3v) is 5.61. The molecule has 30 heavy (non-hydrogen) atoms. The van der Waals surface area contributed by atoms with Gasteiger partial charge in [-0.3, -0.25) is 4.98 Å². The lowest BCUT2D eigenvalue weighted by Gasteiger charge is -2.26. The minimum atomic E-state index is -4.24. The molecule has 0 unspecified atom stereocenters. The van der Waals surface area contributed by atoms with Crippen molar-refractivity contribution in [1.82, 2.24) is 9.97 Å². The van der Waals surface area contributed by atoms with Crippen LogP contribution in [0.3, 0.4) is 0 Å². The van der Waals surface area contributed by atoms with E-state index >= 15 is 0 Å². The van der Waals surface area contributed by atoms with Crippen molar-refractivity contribution < 1.29 is 17.9 Å². The van der Waals surface area contributed by atoms with E-state index < -0.39 is 11.9 Å². The van der Waals surface area contributed by atoms with Gasteiger partial charge in [-0.2, -0.15) is 13.2 Å². The summed E-state index contributed by atoms with van der Waals surface area (Å²) in [6.45, 7) is 0.604. The molecular weight excluding hydrogens is 411 g/mol. The Balaban J connectivity index is 1.48. The van der Waals surface area contributed by atoms with Crippen LogP contribution in [0.2, 0.25) is 0 Å². The van der Waals surface area contributed by atoms with Crippen LogP contribution in [0.15, 0.2) is 60.9 Å². The van der Waals surface area contributed by atoms with Crippen LogP contribution in [-0.4, -0.2) is 28.5 Å². The fourth-order valence-corrected chi connectivity index (χ4v) is 3.99. The van der Waals surface area contributed by atoms with Gasteiger partial charge in [-0.25, -0.2) is 4.98 Å². The second-order valence-corrected chi connectivity index (χ2v) is 7.92. The molecule has 1 aliphatic rings. The van der Waals surface area contributed by atoms with Gasteiger partial charge in [0.2, 0.25) is 0 Å². The lowest BCUT2D eigenvalue weighted by Crippen LogP contribution is -2.23. The summed E-state index contributed by atoms with van der Waals surface area (Å²) in [5.74, 6) is 0.569. The summed E-state index contributed by atoms with van der Waals surface area (Å²) in [6, 6.07) is 15.4. The molecule has 1 aliphatic heterocycles. The SMILES string of the molecule is FC(F)(F)CSNc1ncccc1-c1ccc2c(c1)OC[C@H](Cc1ccccn1)C2. The van der Waals surface area contributed by atoms with Gasteiger partial charge in [0.25, 0.3) is 0 Å². The molecule has 3 heterocycles. The zero-order valence-electron chi connectivity index (χ0n) is 16.0. The van der Waals surface area contributed by atoms with Gasteiger partial charge in [0.1, 0.15) is 17.3 Å². The first-order chi connectivity index (χ1) is 14.5. The number of pyridine rings is 2. The van der Waals surface area contributed by atoms with Crippen LogP contribution in [0.5, 0.6) is 5.75 Å². The van der Waals surface area contributed by atoms with Gasteiger partial charge in [0, 0.05) is 29.6 Å². The van der Waals surface area contributed by atoms with E-state index in [4.69, 9.17) is 4.74 Å². The number of rotatable bonds is 6. The Morgan fingerprint density at radius 1 is 1.07 bits per heavy atom. The Kier molecular flexibility index (Phi) is 6.13. The van der Waals surface area contributed by atoms with E-state index in [1.807, 2.05) is 42.5 Å². The summed E-state index contributed by atoms with van der Waals surface area (Å²) >= 11 is 0.577. The van der Waals surface area contributed by atoms with Crippen molar-refractivity contribution in [3.05, 3.63) is 72.2 Å². The molecule has 8 heteroatoms. The first-order valence-electron chi connectivity index (χ1n) is 9.53. The van der Waals surface area contributed by atoms with Crippen LogP contribution >= 0.6 is 11.9 Å². The molecule has 1 atom stereocenters. The minimum Gasteiger partial charge on any atom is -0.493 e. The van der Waals surface area contributed by atoms with Crippen molar-refractivity contribution in [3.63, 3.8) is 0 Å². The monoisotopic (exact) mass is 431 g/mol. The second-order valence-electron chi connectivity index (χ2n) is 7.13. The molecule has 3 aromatic rings. The highest BCUT2D eigenvalue weighted by Gasteiger charge is 2.27. The largest absolute Gasteiger partial charge is 0.493 e. The zero-order chi connectivity index (χ0) is 21.0. The quantitative estimate of drug-likeness (QED) is 0.518. The summed E-state index contributed by atoms with van der Waals surface area (Å²) in [6.07, 6.45) is 0.863. The van der Waals surface area contributed by atoms with Crippen LogP contribution in [0.4, 0.5) is 19.0 Å². The lowest BCUT2D eigenvalue weighted by atomic mass is 9.91. The smallest absolute Gasteiger partial charge is 0.399 e. The highest BCUT2D eigenvalue weighted by Crippen LogP contribution is 2.36. The summed E-state index contributed by atoms with van der Waals surface area (Å²) in [5.41, 5.74) is 3.75. The third-order valence-electron chi connectivity index (χ3n) is 4.80. The molecule has 2 aromatic heterocycles. The van der Waals surface area contributed by atoms with Crippen LogP contribution in [0.25, 0.3) is 11.1 Å². The topological polar surface area (TPSA) is 47.0 Å². The van der Waals surface area contributed by atoms with Crippen LogP contribution in [-0.2, 0) is 12.8 Å². The average molecular weight is 431 g/mol. The summed E-state index contributed by atoms with van der Waals surface area (Å²) < 4.78 is 46.0. The number of hydrogen-bond donors (Lipinski definition) is 1. The van der Waals surface area contributed by atoms with Gasteiger partial charge in [0.05, 0.1) is 6.61 Å². The first kappa shape index (κ1) is 20.5. The molecule has 1 aromatic carbocycles.